The Labute approximate surface area is 122 Å². The van der Waals surface area contributed by atoms with Gasteiger partial charge in [0.1, 0.15) is 16.7 Å². The van der Waals surface area contributed by atoms with Crippen LogP contribution in [0, 0.1) is 0 Å². The van der Waals surface area contributed by atoms with Gasteiger partial charge >= 0.3 is 5.63 Å². The van der Waals surface area contributed by atoms with Crippen molar-refractivity contribution in [2.45, 2.75) is 0 Å². The third-order valence-electron chi connectivity index (χ3n) is 3.61. The van der Waals surface area contributed by atoms with Crippen molar-refractivity contribution in [3.8, 4) is 17.2 Å². The van der Waals surface area contributed by atoms with Gasteiger partial charge in [0.2, 0.25) is 5.75 Å². The fourth-order valence-electron chi connectivity index (χ4n) is 2.65. The molecule has 0 saturated heterocycles. The summed E-state index contributed by atoms with van der Waals surface area (Å²) in [5.74, 6) is -0.0264. The summed E-state index contributed by atoms with van der Waals surface area (Å²) in [4.78, 5) is 12.3. The Bertz CT molecular complexity index is 1100. The Morgan fingerprint density at radius 1 is 1.00 bits per heavy atom. The summed E-state index contributed by atoms with van der Waals surface area (Å²) in [5.41, 5.74) is 0.214. The summed E-state index contributed by atoms with van der Waals surface area (Å²) in [5, 5.41) is 20.7. The molecule has 0 aliphatic carbocycles. The zero-order valence-corrected chi connectivity index (χ0v) is 11.4. The third-order valence-corrected chi connectivity index (χ3v) is 3.61. The minimum Gasteiger partial charge on any atom is -0.508 e. The number of methoxy groups -OCH3 is 1. The first-order chi connectivity index (χ1) is 10.6. The lowest BCUT2D eigenvalue weighted by Crippen LogP contribution is -1.99. The topological polar surface area (TPSA) is 93.0 Å². The number of fused-ring (bicyclic) bond motifs is 5. The van der Waals surface area contributed by atoms with E-state index in [0.29, 0.717) is 21.9 Å². The Kier molecular flexibility index (Phi) is 2.39. The number of rotatable bonds is 1. The normalized spacial score (nSPS) is 11.5. The molecule has 2 aromatic heterocycles. The molecule has 0 atom stereocenters. The zero-order valence-electron chi connectivity index (χ0n) is 11.4. The van der Waals surface area contributed by atoms with Gasteiger partial charge in [-0.15, -0.1) is 0 Å². The molecule has 6 heteroatoms. The van der Waals surface area contributed by atoms with Crippen molar-refractivity contribution < 1.29 is 23.8 Å². The molecule has 0 radical (unpaired) electrons. The lowest BCUT2D eigenvalue weighted by molar-refractivity contribution is 0.369. The first-order valence-corrected chi connectivity index (χ1v) is 6.48. The Hall–Kier alpha value is -3.15. The number of benzene rings is 2. The molecule has 0 unspecified atom stereocenters. The molecule has 22 heavy (non-hydrogen) atoms. The average molecular weight is 298 g/mol. The number of ether oxygens (including phenoxy) is 1. The molecule has 0 spiro atoms. The molecule has 4 rings (SSSR count). The van der Waals surface area contributed by atoms with Crippen molar-refractivity contribution >= 4 is 32.9 Å². The number of furan rings is 1. The van der Waals surface area contributed by atoms with E-state index in [1.54, 1.807) is 12.1 Å². The highest BCUT2D eigenvalue weighted by Crippen LogP contribution is 2.39. The molecule has 0 aliphatic rings. The van der Waals surface area contributed by atoms with Gasteiger partial charge in [0, 0.05) is 11.5 Å². The van der Waals surface area contributed by atoms with E-state index >= 15 is 0 Å². The second kappa shape index (κ2) is 4.17. The van der Waals surface area contributed by atoms with Crippen molar-refractivity contribution in [1.82, 2.24) is 0 Å². The molecule has 110 valence electrons. The van der Waals surface area contributed by atoms with Crippen LogP contribution in [0.15, 0.2) is 44.0 Å². The Morgan fingerprint density at radius 2 is 1.77 bits per heavy atom. The fourth-order valence-corrected chi connectivity index (χ4v) is 2.65. The van der Waals surface area contributed by atoms with Gasteiger partial charge < -0.3 is 23.8 Å². The van der Waals surface area contributed by atoms with Gasteiger partial charge in [-0.25, -0.2) is 4.79 Å². The standard InChI is InChI=1S/C16H10O6/c1-20-15-10(18)5-4-9-13-12(16(19)22-14(9)15)8-3-2-7(17)6-11(8)21-13/h2-6,17-18H,1H3. The molecule has 0 aliphatic heterocycles. The molecule has 0 fully saturated rings. The summed E-state index contributed by atoms with van der Waals surface area (Å²) in [7, 11) is 1.37. The van der Waals surface area contributed by atoms with Gasteiger partial charge in [-0.05, 0) is 24.3 Å². The summed E-state index contributed by atoms with van der Waals surface area (Å²) in [6.45, 7) is 0. The molecule has 2 heterocycles. The third kappa shape index (κ3) is 1.52. The molecule has 4 aromatic rings. The van der Waals surface area contributed by atoms with Crippen LogP contribution in [0.25, 0.3) is 32.9 Å². The molecule has 0 bridgehead atoms. The highest BCUT2D eigenvalue weighted by atomic mass is 16.5. The lowest BCUT2D eigenvalue weighted by atomic mass is 10.1. The van der Waals surface area contributed by atoms with Crippen LogP contribution in [-0.4, -0.2) is 17.3 Å². The molecule has 6 nitrogen and oxygen atoms in total. The zero-order chi connectivity index (χ0) is 15.4. The van der Waals surface area contributed by atoms with Gasteiger partial charge in [-0.2, -0.15) is 0 Å². The molecule has 2 N–H and O–H groups in total. The van der Waals surface area contributed by atoms with E-state index in [9.17, 15) is 15.0 Å². The summed E-state index contributed by atoms with van der Waals surface area (Å²) in [6.07, 6.45) is 0. The van der Waals surface area contributed by atoms with E-state index in [0.717, 1.165) is 0 Å². The summed E-state index contributed by atoms with van der Waals surface area (Å²) < 4.78 is 16.1. The van der Waals surface area contributed by atoms with E-state index in [2.05, 4.69) is 0 Å². The van der Waals surface area contributed by atoms with Gasteiger partial charge in [-0.1, -0.05) is 0 Å². The van der Waals surface area contributed by atoms with Crippen LogP contribution >= 0.6 is 0 Å². The molecule has 2 aromatic carbocycles. The average Bonchev–Trinajstić information content (AvgIpc) is 2.86. The highest BCUT2D eigenvalue weighted by Gasteiger charge is 2.20. The Morgan fingerprint density at radius 3 is 2.55 bits per heavy atom. The van der Waals surface area contributed by atoms with Crippen LogP contribution in [0.3, 0.4) is 0 Å². The summed E-state index contributed by atoms with van der Waals surface area (Å²) >= 11 is 0. The maximum atomic E-state index is 12.3. The minimum atomic E-state index is -0.601. The monoisotopic (exact) mass is 298 g/mol. The quantitative estimate of drug-likeness (QED) is 0.524. The maximum absolute atomic E-state index is 12.3. The van der Waals surface area contributed by atoms with Crippen molar-refractivity contribution in [3.63, 3.8) is 0 Å². The molecule has 0 amide bonds. The van der Waals surface area contributed by atoms with Crippen LogP contribution < -0.4 is 10.4 Å². The minimum absolute atomic E-state index is 0.0375. The highest BCUT2D eigenvalue weighted by molar-refractivity contribution is 6.14. The van der Waals surface area contributed by atoms with Crippen molar-refractivity contribution in [3.05, 3.63) is 40.8 Å². The van der Waals surface area contributed by atoms with Crippen LogP contribution in [0.5, 0.6) is 17.2 Å². The fraction of sp³-hybridized carbons (Fsp3) is 0.0625. The lowest BCUT2D eigenvalue weighted by Gasteiger charge is -2.05. The number of phenols is 2. The molecule has 0 saturated carbocycles. The molecular formula is C16H10O6. The van der Waals surface area contributed by atoms with Crippen LogP contribution in [0.1, 0.15) is 0 Å². The smallest absolute Gasteiger partial charge is 0.348 e. The number of hydrogen-bond acceptors (Lipinski definition) is 6. The second-order valence-electron chi connectivity index (χ2n) is 4.87. The second-order valence-corrected chi connectivity index (χ2v) is 4.87. The SMILES string of the molecule is COc1c(O)ccc2c1oc(=O)c1c3ccc(O)cc3oc21. The van der Waals surface area contributed by atoms with Gasteiger partial charge in [0.05, 0.1) is 12.5 Å². The van der Waals surface area contributed by atoms with Gasteiger partial charge in [0.25, 0.3) is 0 Å². The van der Waals surface area contributed by atoms with Crippen LogP contribution in [0.4, 0.5) is 0 Å². The predicted octanol–water partition coefficient (Wildman–Crippen LogP) is 3.11. The maximum Gasteiger partial charge on any atom is 0.348 e. The van der Waals surface area contributed by atoms with E-state index in [1.807, 2.05) is 0 Å². The number of aromatic hydroxyl groups is 2. The van der Waals surface area contributed by atoms with Crippen molar-refractivity contribution in [1.29, 1.82) is 0 Å². The van der Waals surface area contributed by atoms with E-state index < -0.39 is 5.63 Å². The summed E-state index contributed by atoms with van der Waals surface area (Å²) in [6, 6.07) is 7.51. The largest absolute Gasteiger partial charge is 0.508 e. The van der Waals surface area contributed by atoms with E-state index in [1.165, 1.54) is 25.3 Å². The first kappa shape index (κ1) is 12.6. The van der Waals surface area contributed by atoms with Crippen LogP contribution in [0.2, 0.25) is 0 Å². The number of hydrogen-bond donors (Lipinski definition) is 2. The van der Waals surface area contributed by atoms with Crippen molar-refractivity contribution in [2.75, 3.05) is 7.11 Å². The van der Waals surface area contributed by atoms with E-state index in [-0.39, 0.29) is 28.2 Å². The number of phenolic OH excluding ortho intramolecular Hbond substituents is 2. The van der Waals surface area contributed by atoms with Crippen molar-refractivity contribution in [2.24, 2.45) is 0 Å². The van der Waals surface area contributed by atoms with Gasteiger partial charge in [-0.3, -0.25) is 0 Å². The first-order valence-electron chi connectivity index (χ1n) is 6.48. The molecular weight excluding hydrogens is 288 g/mol. The Balaban J connectivity index is 2.30. The van der Waals surface area contributed by atoms with Crippen LogP contribution in [-0.2, 0) is 0 Å². The predicted molar refractivity (Wildman–Crippen MR) is 79.6 cm³/mol. The van der Waals surface area contributed by atoms with Gasteiger partial charge in [0.15, 0.2) is 16.9 Å². The van der Waals surface area contributed by atoms with E-state index in [4.69, 9.17) is 13.6 Å².